The highest BCUT2D eigenvalue weighted by molar-refractivity contribution is 6.29. The van der Waals surface area contributed by atoms with Crippen molar-refractivity contribution in [1.29, 1.82) is 0 Å². The van der Waals surface area contributed by atoms with Gasteiger partial charge in [0.15, 0.2) is 0 Å². The average molecular weight is 309 g/mol. The molecule has 114 valence electrons. The van der Waals surface area contributed by atoms with Gasteiger partial charge in [-0.15, -0.1) is 0 Å². The minimum absolute atomic E-state index is 0.0312. The number of hydrogen-bond acceptors (Lipinski definition) is 4. The van der Waals surface area contributed by atoms with Gasteiger partial charge in [0, 0.05) is 19.1 Å². The van der Waals surface area contributed by atoms with Gasteiger partial charge in [0.25, 0.3) is 5.91 Å². The Bertz CT molecular complexity index is 530. The summed E-state index contributed by atoms with van der Waals surface area (Å²) in [6, 6.07) is 2.06. The van der Waals surface area contributed by atoms with Gasteiger partial charge in [-0.2, -0.15) is 0 Å². The second-order valence-corrected chi connectivity index (χ2v) is 6.27. The highest BCUT2D eigenvalue weighted by Crippen LogP contribution is 2.23. The SMILES string of the molecule is Nc1cnc(Cl)cc1C(=O)N1CCC(N2CCCCC2)C1. The third-order valence-electron chi connectivity index (χ3n) is 4.49. The van der Waals surface area contributed by atoms with Gasteiger partial charge in [0.2, 0.25) is 0 Å². The second kappa shape index (κ2) is 6.20. The highest BCUT2D eigenvalue weighted by Gasteiger charge is 2.32. The molecule has 0 aliphatic carbocycles. The largest absolute Gasteiger partial charge is 0.397 e. The van der Waals surface area contributed by atoms with Crippen molar-refractivity contribution in [3.63, 3.8) is 0 Å². The van der Waals surface area contributed by atoms with Crippen molar-refractivity contribution in [2.75, 3.05) is 31.9 Å². The average Bonchev–Trinajstić information content (AvgIpc) is 3.00. The number of halogens is 1. The van der Waals surface area contributed by atoms with E-state index in [-0.39, 0.29) is 5.91 Å². The van der Waals surface area contributed by atoms with Gasteiger partial charge in [-0.1, -0.05) is 18.0 Å². The lowest BCUT2D eigenvalue weighted by Crippen LogP contribution is -2.41. The van der Waals surface area contributed by atoms with E-state index >= 15 is 0 Å². The Balaban J connectivity index is 1.67. The normalized spacial score (nSPS) is 23.5. The molecule has 0 bridgehead atoms. The van der Waals surface area contributed by atoms with Crippen molar-refractivity contribution in [3.05, 3.63) is 23.0 Å². The molecule has 6 heteroatoms. The molecule has 1 aromatic heterocycles. The Morgan fingerprint density at radius 2 is 2.05 bits per heavy atom. The first-order valence-electron chi connectivity index (χ1n) is 7.59. The molecule has 2 aliphatic heterocycles. The fourth-order valence-electron chi connectivity index (χ4n) is 3.30. The number of likely N-dealkylation sites (tertiary alicyclic amines) is 2. The minimum Gasteiger partial charge on any atom is -0.397 e. The van der Waals surface area contributed by atoms with E-state index in [0.717, 1.165) is 32.6 Å². The van der Waals surface area contributed by atoms with Crippen LogP contribution in [-0.2, 0) is 0 Å². The standard InChI is InChI=1S/C15H21ClN4O/c16-14-8-12(13(17)9-18-14)15(21)20-7-4-11(10-20)19-5-2-1-3-6-19/h8-9,11H,1-7,10,17H2. The number of nitrogen functional groups attached to an aromatic ring is 1. The number of amides is 1. The third-order valence-corrected chi connectivity index (χ3v) is 4.70. The van der Waals surface area contributed by atoms with Crippen molar-refractivity contribution in [1.82, 2.24) is 14.8 Å². The summed E-state index contributed by atoms with van der Waals surface area (Å²) >= 11 is 5.87. The molecular formula is C15H21ClN4O. The first-order chi connectivity index (χ1) is 10.1. The van der Waals surface area contributed by atoms with Crippen LogP contribution in [0.2, 0.25) is 5.15 Å². The lowest BCUT2D eigenvalue weighted by Gasteiger charge is -2.32. The summed E-state index contributed by atoms with van der Waals surface area (Å²) in [5.74, 6) is -0.0312. The summed E-state index contributed by atoms with van der Waals surface area (Å²) in [5, 5.41) is 0.305. The van der Waals surface area contributed by atoms with Crippen LogP contribution in [0.4, 0.5) is 5.69 Å². The van der Waals surface area contributed by atoms with Gasteiger partial charge in [0.1, 0.15) is 5.15 Å². The van der Waals surface area contributed by atoms with Crippen molar-refractivity contribution in [2.24, 2.45) is 0 Å². The Kier molecular flexibility index (Phi) is 4.31. The number of rotatable bonds is 2. The summed E-state index contributed by atoms with van der Waals surface area (Å²) in [5.41, 5.74) is 6.72. The van der Waals surface area contributed by atoms with Gasteiger partial charge >= 0.3 is 0 Å². The van der Waals surface area contributed by atoms with E-state index < -0.39 is 0 Å². The summed E-state index contributed by atoms with van der Waals surface area (Å²) in [6.45, 7) is 3.91. The van der Waals surface area contributed by atoms with Gasteiger partial charge < -0.3 is 10.6 Å². The first-order valence-corrected chi connectivity index (χ1v) is 7.97. The Labute approximate surface area is 130 Å². The van der Waals surface area contributed by atoms with Crippen LogP contribution in [0.15, 0.2) is 12.3 Å². The first kappa shape index (κ1) is 14.6. The lowest BCUT2D eigenvalue weighted by atomic mass is 10.1. The number of carbonyl (C=O) groups is 1. The molecule has 1 aromatic rings. The molecule has 0 spiro atoms. The van der Waals surface area contributed by atoms with Crippen LogP contribution >= 0.6 is 11.6 Å². The van der Waals surface area contributed by atoms with Crippen LogP contribution in [0.25, 0.3) is 0 Å². The van der Waals surface area contributed by atoms with Crippen molar-refractivity contribution >= 4 is 23.2 Å². The minimum atomic E-state index is -0.0312. The number of carbonyl (C=O) groups excluding carboxylic acids is 1. The van der Waals surface area contributed by atoms with E-state index in [4.69, 9.17) is 17.3 Å². The predicted molar refractivity (Wildman–Crippen MR) is 83.4 cm³/mol. The van der Waals surface area contributed by atoms with Crippen LogP contribution < -0.4 is 5.73 Å². The second-order valence-electron chi connectivity index (χ2n) is 5.88. The zero-order valence-electron chi connectivity index (χ0n) is 12.1. The zero-order valence-corrected chi connectivity index (χ0v) is 12.9. The van der Waals surface area contributed by atoms with Crippen LogP contribution in [0.5, 0.6) is 0 Å². The maximum absolute atomic E-state index is 12.6. The number of anilines is 1. The monoisotopic (exact) mass is 308 g/mol. The van der Waals surface area contributed by atoms with Crippen molar-refractivity contribution < 1.29 is 4.79 Å². The number of nitrogens with zero attached hydrogens (tertiary/aromatic N) is 3. The summed E-state index contributed by atoms with van der Waals surface area (Å²) in [6.07, 6.45) is 6.38. The molecule has 0 aromatic carbocycles. The number of hydrogen-bond donors (Lipinski definition) is 1. The molecule has 21 heavy (non-hydrogen) atoms. The van der Waals surface area contributed by atoms with E-state index in [2.05, 4.69) is 9.88 Å². The Hall–Kier alpha value is -1.33. The number of aromatic nitrogens is 1. The molecular weight excluding hydrogens is 288 g/mol. The van der Waals surface area contributed by atoms with Crippen LogP contribution in [0.3, 0.4) is 0 Å². The molecule has 2 fully saturated rings. The molecule has 5 nitrogen and oxygen atoms in total. The van der Waals surface area contributed by atoms with Crippen LogP contribution in [-0.4, -0.2) is 52.9 Å². The molecule has 2 aliphatic rings. The van der Waals surface area contributed by atoms with E-state index in [1.54, 1.807) is 6.07 Å². The van der Waals surface area contributed by atoms with E-state index in [1.807, 2.05) is 4.90 Å². The van der Waals surface area contributed by atoms with Gasteiger partial charge in [-0.3, -0.25) is 9.69 Å². The molecule has 1 atom stereocenters. The van der Waals surface area contributed by atoms with E-state index in [1.165, 1.54) is 25.5 Å². The Morgan fingerprint density at radius 3 is 2.81 bits per heavy atom. The quantitative estimate of drug-likeness (QED) is 0.849. The van der Waals surface area contributed by atoms with Crippen LogP contribution in [0, 0.1) is 0 Å². The van der Waals surface area contributed by atoms with Gasteiger partial charge in [-0.25, -0.2) is 4.98 Å². The molecule has 3 heterocycles. The lowest BCUT2D eigenvalue weighted by molar-refractivity contribution is 0.0772. The number of piperidine rings is 1. The smallest absolute Gasteiger partial charge is 0.256 e. The van der Waals surface area contributed by atoms with Gasteiger partial charge in [-0.05, 0) is 38.4 Å². The third kappa shape index (κ3) is 3.14. The molecule has 1 unspecified atom stereocenters. The maximum Gasteiger partial charge on any atom is 0.256 e. The van der Waals surface area contributed by atoms with E-state index in [0.29, 0.717) is 22.4 Å². The summed E-state index contributed by atoms with van der Waals surface area (Å²) in [7, 11) is 0. The number of pyridine rings is 1. The summed E-state index contributed by atoms with van der Waals surface area (Å²) < 4.78 is 0. The maximum atomic E-state index is 12.6. The molecule has 0 radical (unpaired) electrons. The van der Waals surface area contributed by atoms with Crippen LogP contribution in [0.1, 0.15) is 36.0 Å². The molecule has 2 N–H and O–H groups in total. The van der Waals surface area contributed by atoms with Crippen molar-refractivity contribution in [3.8, 4) is 0 Å². The number of nitrogens with two attached hydrogens (primary N) is 1. The predicted octanol–water partition coefficient (Wildman–Crippen LogP) is 2.02. The molecule has 2 saturated heterocycles. The highest BCUT2D eigenvalue weighted by atomic mass is 35.5. The topological polar surface area (TPSA) is 62.5 Å². The van der Waals surface area contributed by atoms with Crippen molar-refractivity contribution in [2.45, 2.75) is 31.7 Å². The summed E-state index contributed by atoms with van der Waals surface area (Å²) in [4.78, 5) is 20.9. The Morgan fingerprint density at radius 1 is 1.29 bits per heavy atom. The zero-order chi connectivity index (χ0) is 14.8. The van der Waals surface area contributed by atoms with E-state index in [9.17, 15) is 4.79 Å². The van der Waals surface area contributed by atoms with Gasteiger partial charge in [0.05, 0.1) is 17.4 Å². The molecule has 3 rings (SSSR count). The fraction of sp³-hybridized carbons (Fsp3) is 0.600. The molecule has 0 saturated carbocycles. The fourth-order valence-corrected chi connectivity index (χ4v) is 3.46. The molecule has 1 amide bonds.